The van der Waals surface area contributed by atoms with Crippen molar-refractivity contribution < 1.29 is 30.6 Å². The molecule has 0 radical (unpaired) electrons. The summed E-state index contributed by atoms with van der Waals surface area (Å²) in [7, 11) is 8.10. The van der Waals surface area contributed by atoms with Gasteiger partial charge < -0.3 is 14.5 Å². The standard InChI is InChI=1S/C21H31OSi.2C9H12N.Sc/c1-14-10-16(3)18(12-14)23(8,9)19-13-15(2)11-17(20(19)22-7)21(4,5)6;2*1-8-6-4-5-7-9(8)10(2)3;/h11,13H,12H2,1-9H3;2*4-7H,1H2,2-3H3;/q3*-1;+3. The predicted octanol–water partition coefficient (Wildman–Crippen LogP) is 9.09. The summed E-state index contributed by atoms with van der Waals surface area (Å²) in [4.78, 5) is 4.12. The molecule has 234 valence electrons. The summed E-state index contributed by atoms with van der Waals surface area (Å²) in [5.74, 6) is 1.10. The summed E-state index contributed by atoms with van der Waals surface area (Å²) in [5, 5.41) is 3.02. The summed E-state index contributed by atoms with van der Waals surface area (Å²) in [6, 6.07) is 20.8. The van der Waals surface area contributed by atoms with Crippen molar-refractivity contribution in [1.82, 2.24) is 0 Å². The van der Waals surface area contributed by atoms with E-state index in [1.165, 1.54) is 38.8 Å². The Morgan fingerprint density at radius 3 is 1.57 bits per heavy atom. The van der Waals surface area contributed by atoms with E-state index in [4.69, 9.17) is 4.74 Å². The third kappa shape index (κ3) is 10.2. The number of ether oxygens (including phenoxy) is 1. The first-order valence-corrected chi connectivity index (χ1v) is 18.1. The molecule has 3 aromatic carbocycles. The van der Waals surface area contributed by atoms with Crippen molar-refractivity contribution in [2.45, 2.75) is 66.5 Å². The maximum absolute atomic E-state index is 5.95. The van der Waals surface area contributed by atoms with Crippen LogP contribution in [0, 0.1) is 26.8 Å². The summed E-state index contributed by atoms with van der Waals surface area (Å²) >= 11 is 0. The molecule has 0 aliphatic heterocycles. The van der Waals surface area contributed by atoms with Crippen molar-refractivity contribution in [2.24, 2.45) is 0 Å². The van der Waals surface area contributed by atoms with Gasteiger partial charge in [0.05, 0.1) is 7.11 Å². The molecule has 0 saturated heterocycles. The van der Waals surface area contributed by atoms with Crippen molar-refractivity contribution in [2.75, 3.05) is 45.1 Å². The normalized spacial score (nSPS) is 12.6. The third-order valence-corrected chi connectivity index (χ3v) is 11.7. The van der Waals surface area contributed by atoms with Crippen molar-refractivity contribution >= 4 is 24.6 Å². The van der Waals surface area contributed by atoms with Gasteiger partial charge >= 0.3 is 25.8 Å². The average Bonchev–Trinajstić information content (AvgIpc) is 3.27. The van der Waals surface area contributed by atoms with Crippen LogP contribution in [0.5, 0.6) is 5.75 Å². The molecular formula is C39H55N2OScSi. The van der Waals surface area contributed by atoms with Gasteiger partial charge in [-0.2, -0.15) is 42.7 Å². The Hall–Kier alpha value is -2.63. The molecule has 1 aliphatic carbocycles. The first kappa shape index (κ1) is 39.4. The number of rotatable bonds is 5. The SMILES string of the molecule is COc1c(C(C)(C)C)cc(C)cc1[Si](C)(C)C1=C(C)[C-]=C(C)C1.[CH2-]c1ccccc1N(C)C.[CH2-]c1ccccc1N(C)C.[Sc+3]. The molecule has 0 fully saturated rings. The van der Waals surface area contributed by atoms with Crippen molar-refractivity contribution in [3.8, 4) is 5.75 Å². The van der Waals surface area contributed by atoms with E-state index in [2.05, 4.69) is 109 Å². The zero-order valence-corrected chi connectivity index (χ0v) is 32.6. The van der Waals surface area contributed by atoms with E-state index >= 15 is 0 Å². The fourth-order valence-corrected chi connectivity index (χ4v) is 9.02. The number of methoxy groups -OCH3 is 1. The van der Waals surface area contributed by atoms with E-state index in [1.54, 1.807) is 5.20 Å². The molecule has 5 heteroatoms. The molecule has 0 aromatic heterocycles. The fourth-order valence-electron chi connectivity index (χ4n) is 5.60. The molecule has 3 aromatic rings. The second-order valence-corrected chi connectivity index (χ2v) is 17.9. The Labute approximate surface area is 290 Å². The molecule has 44 heavy (non-hydrogen) atoms. The third-order valence-electron chi connectivity index (χ3n) is 7.92. The van der Waals surface area contributed by atoms with E-state index in [9.17, 15) is 0 Å². The van der Waals surface area contributed by atoms with Crippen LogP contribution in [-0.4, -0.2) is 43.4 Å². The second-order valence-electron chi connectivity index (χ2n) is 13.5. The smallest absolute Gasteiger partial charge is 0.497 e. The topological polar surface area (TPSA) is 15.7 Å². The molecule has 3 nitrogen and oxygen atoms in total. The Bertz CT molecular complexity index is 1400. The molecule has 0 amide bonds. The predicted molar refractivity (Wildman–Crippen MR) is 194 cm³/mol. The van der Waals surface area contributed by atoms with Gasteiger partial charge in [-0.05, 0) is 51.3 Å². The average molecular weight is 641 g/mol. The van der Waals surface area contributed by atoms with E-state index < -0.39 is 8.07 Å². The number of hydrogen-bond donors (Lipinski definition) is 0. The number of nitrogens with zero attached hydrogens (tertiary/aromatic N) is 2. The Kier molecular flexibility index (Phi) is 14.9. The molecule has 4 rings (SSSR count). The minimum atomic E-state index is -1.79. The van der Waals surface area contributed by atoms with Crippen molar-refractivity contribution in [3.05, 3.63) is 119 Å². The van der Waals surface area contributed by atoms with Crippen LogP contribution >= 0.6 is 0 Å². The zero-order chi connectivity index (χ0) is 32.7. The minimum Gasteiger partial charge on any atom is -0.497 e. The van der Waals surface area contributed by atoms with Crippen LogP contribution in [0.2, 0.25) is 13.1 Å². The number of benzene rings is 3. The summed E-state index contributed by atoms with van der Waals surface area (Å²) in [6.45, 7) is 26.1. The summed E-state index contributed by atoms with van der Waals surface area (Å²) in [5.41, 5.74) is 9.96. The number of allylic oxidation sites excluding steroid dienone is 4. The first-order valence-electron chi connectivity index (χ1n) is 15.1. The molecule has 1 aliphatic rings. The van der Waals surface area contributed by atoms with Gasteiger partial charge in [-0.1, -0.05) is 107 Å². The van der Waals surface area contributed by atoms with Crippen LogP contribution in [0.1, 0.15) is 63.3 Å². The summed E-state index contributed by atoms with van der Waals surface area (Å²) in [6.07, 6.45) is 4.61. The van der Waals surface area contributed by atoms with Gasteiger partial charge in [-0.15, -0.1) is 12.1 Å². The maximum atomic E-state index is 5.95. The Balaban J connectivity index is 0.000000381. The second kappa shape index (κ2) is 16.6. The monoisotopic (exact) mass is 640 g/mol. The number of aryl methyl sites for hydroxylation is 1. The first-order chi connectivity index (χ1) is 19.9. The molecule has 0 bridgehead atoms. The van der Waals surface area contributed by atoms with Gasteiger partial charge in [0.25, 0.3) is 0 Å². The number of para-hydroxylation sites is 2. The van der Waals surface area contributed by atoms with E-state index in [-0.39, 0.29) is 31.3 Å². The van der Waals surface area contributed by atoms with Gasteiger partial charge in [0.15, 0.2) is 0 Å². The molecular weight excluding hydrogens is 585 g/mol. The van der Waals surface area contributed by atoms with E-state index in [0.717, 1.165) is 23.3 Å². The van der Waals surface area contributed by atoms with Crippen LogP contribution in [-0.2, 0) is 31.3 Å². The van der Waals surface area contributed by atoms with Crippen molar-refractivity contribution in [3.63, 3.8) is 0 Å². The van der Waals surface area contributed by atoms with E-state index in [0.29, 0.717) is 0 Å². The Morgan fingerprint density at radius 1 is 0.795 bits per heavy atom. The van der Waals surface area contributed by atoms with Crippen LogP contribution in [0.3, 0.4) is 0 Å². The molecule has 0 N–H and O–H groups in total. The van der Waals surface area contributed by atoms with E-state index in [1.807, 2.05) is 71.7 Å². The number of anilines is 2. The van der Waals surface area contributed by atoms with Crippen molar-refractivity contribution in [1.29, 1.82) is 0 Å². The fraction of sp³-hybridized carbons (Fsp3) is 0.385. The van der Waals surface area contributed by atoms with Crippen LogP contribution in [0.15, 0.2) is 77.0 Å². The molecule has 0 atom stereocenters. The van der Waals surface area contributed by atoms with Gasteiger partial charge in [0.2, 0.25) is 0 Å². The Morgan fingerprint density at radius 2 is 1.25 bits per heavy atom. The maximum Gasteiger partial charge on any atom is 3.00 e. The largest absolute Gasteiger partial charge is 3.00 e. The van der Waals surface area contributed by atoms with Gasteiger partial charge in [-0.25, -0.2) is 16.8 Å². The quantitative estimate of drug-likeness (QED) is 0.204. The molecule has 0 heterocycles. The van der Waals surface area contributed by atoms with Crippen LogP contribution < -0.4 is 19.7 Å². The van der Waals surface area contributed by atoms with Crippen LogP contribution in [0.4, 0.5) is 11.4 Å². The molecule has 0 saturated carbocycles. The molecule has 0 unspecified atom stereocenters. The van der Waals surface area contributed by atoms with Gasteiger partial charge in [0.1, 0.15) is 5.75 Å². The molecule has 0 spiro atoms. The van der Waals surface area contributed by atoms with Gasteiger partial charge in [0, 0.05) is 8.07 Å². The summed E-state index contributed by atoms with van der Waals surface area (Å²) < 4.78 is 5.95. The zero-order valence-electron chi connectivity index (χ0n) is 29.8. The van der Waals surface area contributed by atoms with Gasteiger partial charge in [-0.3, -0.25) is 0 Å². The van der Waals surface area contributed by atoms with Crippen LogP contribution in [0.25, 0.3) is 0 Å². The number of hydrogen-bond acceptors (Lipinski definition) is 3. The minimum absolute atomic E-state index is 0.